The van der Waals surface area contributed by atoms with Gasteiger partial charge in [-0.3, -0.25) is 4.79 Å². The van der Waals surface area contributed by atoms with Gasteiger partial charge >= 0.3 is 5.97 Å². The summed E-state index contributed by atoms with van der Waals surface area (Å²) in [6.07, 6.45) is -0.652. The minimum atomic E-state index is -0.897. The van der Waals surface area contributed by atoms with Crippen molar-refractivity contribution in [2.45, 2.75) is 12.7 Å². The van der Waals surface area contributed by atoms with Gasteiger partial charge in [0.05, 0.1) is 12.5 Å². The molecule has 0 spiro atoms. The number of carboxylic acid groups (broad SMARTS) is 1. The van der Waals surface area contributed by atoms with Crippen LogP contribution in [0.3, 0.4) is 0 Å². The summed E-state index contributed by atoms with van der Waals surface area (Å²) in [5.74, 6) is -1.41. The third-order valence-corrected chi connectivity index (χ3v) is 1.33. The number of aliphatic hydroxyl groups is 1. The Morgan fingerprint density at radius 3 is 2.56 bits per heavy atom. The molecule has 1 fully saturated rings. The number of rotatable bonds is 1. The van der Waals surface area contributed by atoms with Crippen molar-refractivity contribution in [2.24, 2.45) is 5.92 Å². The zero-order valence-electron chi connectivity index (χ0n) is 4.78. The average Bonchev–Trinajstić information content (AvgIpc) is 2.14. The maximum absolute atomic E-state index is 10.2. The quantitative estimate of drug-likeness (QED) is 0.501. The highest BCUT2D eigenvalue weighted by molar-refractivity contribution is 5.70. The molecule has 0 aromatic rings. The fourth-order valence-corrected chi connectivity index (χ4v) is 0.779. The van der Waals surface area contributed by atoms with E-state index in [9.17, 15) is 4.79 Å². The summed E-state index contributed by atoms with van der Waals surface area (Å²) < 4.78 is 4.60. The first-order chi connectivity index (χ1) is 4.20. The van der Waals surface area contributed by atoms with Crippen LogP contribution in [0.25, 0.3) is 0 Å². The number of carboxylic acids is 1. The minimum Gasteiger partial charge on any atom is -0.481 e. The normalized spacial score (nSPS) is 34.8. The first kappa shape index (κ1) is 6.51. The molecule has 1 heterocycles. The lowest BCUT2D eigenvalue weighted by molar-refractivity contribution is -0.141. The van der Waals surface area contributed by atoms with Crippen molar-refractivity contribution in [2.75, 3.05) is 6.61 Å². The lowest BCUT2D eigenvalue weighted by Crippen LogP contribution is -2.12. The van der Waals surface area contributed by atoms with E-state index in [0.717, 1.165) is 0 Å². The van der Waals surface area contributed by atoms with Crippen LogP contribution in [-0.4, -0.2) is 29.1 Å². The number of aliphatic hydroxyl groups excluding tert-OH is 1. The summed E-state index contributed by atoms with van der Waals surface area (Å²) in [5, 5.41) is 17.0. The van der Waals surface area contributed by atoms with Crippen LogP contribution < -0.4 is 0 Å². The molecule has 2 unspecified atom stereocenters. The topological polar surface area (TPSA) is 66.8 Å². The fourth-order valence-electron chi connectivity index (χ4n) is 0.779. The molecule has 1 aliphatic rings. The molecule has 0 aromatic carbocycles. The zero-order valence-corrected chi connectivity index (χ0v) is 4.78. The molecule has 52 valence electrons. The number of carbonyl (C=O) groups is 1. The third kappa shape index (κ3) is 1.40. The molecule has 0 radical (unpaired) electrons. The van der Waals surface area contributed by atoms with Crippen molar-refractivity contribution < 1.29 is 19.7 Å². The SMILES string of the molecule is O=C(O)C1COC(O)C1. The van der Waals surface area contributed by atoms with Gasteiger partial charge < -0.3 is 14.9 Å². The van der Waals surface area contributed by atoms with E-state index in [0.29, 0.717) is 0 Å². The van der Waals surface area contributed by atoms with Gasteiger partial charge in [0.25, 0.3) is 0 Å². The van der Waals surface area contributed by atoms with Gasteiger partial charge in [0.2, 0.25) is 0 Å². The lowest BCUT2D eigenvalue weighted by atomic mass is 10.1. The maximum atomic E-state index is 10.2. The largest absolute Gasteiger partial charge is 0.481 e. The molecule has 1 aliphatic heterocycles. The van der Waals surface area contributed by atoms with Crippen LogP contribution in [0.15, 0.2) is 0 Å². The summed E-state index contributed by atoms with van der Waals surface area (Å²) in [7, 11) is 0. The Labute approximate surface area is 52.1 Å². The summed E-state index contributed by atoms with van der Waals surface area (Å²) >= 11 is 0. The second kappa shape index (κ2) is 2.33. The molecule has 0 aromatic heterocycles. The van der Waals surface area contributed by atoms with Crippen molar-refractivity contribution in [3.8, 4) is 0 Å². The van der Waals surface area contributed by atoms with Crippen LogP contribution in [0.2, 0.25) is 0 Å². The second-order valence-corrected chi connectivity index (χ2v) is 2.06. The third-order valence-electron chi connectivity index (χ3n) is 1.33. The Kier molecular flexibility index (Phi) is 1.68. The smallest absolute Gasteiger partial charge is 0.309 e. The summed E-state index contributed by atoms with van der Waals surface area (Å²) in [6.45, 7) is 0.135. The molecular formula is C5H8O4. The molecule has 0 amide bonds. The Balaban J connectivity index is 2.39. The van der Waals surface area contributed by atoms with Gasteiger partial charge in [-0.2, -0.15) is 0 Å². The average molecular weight is 132 g/mol. The highest BCUT2D eigenvalue weighted by atomic mass is 16.6. The first-order valence-electron chi connectivity index (χ1n) is 2.72. The van der Waals surface area contributed by atoms with E-state index in [-0.39, 0.29) is 13.0 Å². The molecule has 1 saturated heterocycles. The minimum absolute atomic E-state index is 0.135. The van der Waals surface area contributed by atoms with E-state index >= 15 is 0 Å². The van der Waals surface area contributed by atoms with E-state index in [2.05, 4.69) is 4.74 Å². The zero-order chi connectivity index (χ0) is 6.85. The predicted octanol–water partition coefficient (Wildman–Crippen LogP) is -0.574. The number of hydrogen-bond donors (Lipinski definition) is 2. The molecule has 4 nitrogen and oxygen atoms in total. The van der Waals surface area contributed by atoms with Crippen LogP contribution >= 0.6 is 0 Å². The van der Waals surface area contributed by atoms with Crippen LogP contribution in [-0.2, 0) is 9.53 Å². The van der Waals surface area contributed by atoms with E-state index < -0.39 is 18.2 Å². The van der Waals surface area contributed by atoms with Crippen molar-refractivity contribution in [1.82, 2.24) is 0 Å². The molecule has 4 heteroatoms. The van der Waals surface area contributed by atoms with Gasteiger partial charge in [-0.05, 0) is 0 Å². The molecule has 1 rings (SSSR count). The Bertz CT molecular complexity index is 122. The standard InChI is InChI=1S/C5H8O4/c6-4-1-3(2-9-4)5(7)8/h3-4,6H,1-2H2,(H,7,8). The number of ether oxygens (including phenoxy) is 1. The van der Waals surface area contributed by atoms with Crippen molar-refractivity contribution in [3.05, 3.63) is 0 Å². The Hall–Kier alpha value is -0.610. The Morgan fingerprint density at radius 1 is 1.67 bits per heavy atom. The van der Waals surface area contributed by atoms with E-state index in [4.69, 9.17) is 10.2 Å². The van der Waals surface area contributed by atoms with E-state index in [1.165, 1.54) is 0 Å². The maximum Gasteiger partial charge on any atom is 0.309 e. The second-order valence-electron chi connectivity index (χ2n) is 2.06. The molecule has 0 bridgehead atoms. The van der Waals surface area contributed by atoms with Crippen molar-refractivity contribution >= 4 is 5.97 Å². The number of aliphatic carboxylic acids is 1. The molecule has 9 heavy (non-hydrogen) atoms. The van der Waals surface area contributed by atoms with Crippen LogP contribution in [0.5, 0.6) is 0 Å². The summed E-state index contributed by atoms with van der Waals surface area (Å²) in [4.78, 5) is 10.2. The highest BCUT2D eigenvalue weighted by Crippen LogP contribution is 2.16. The summed E-state index contributed by atoms with van der Waals surface area (Å²) in [5.41, 5.74) is 0. The molecule has 2 N–H and O–H groups in total. The van der Waals surface area contributed by atoms with E-state index in [1.54, 1.807) is 0 Å². The fraction of sp³-hybridized carbons (Fsp3) is 0.800. The predicted molar refractivity (Wildman–Crippen MR) is 27.7 cm³/mol. The van der Waals surface area contributed by atoms with Crippen LogP contribution in [0.4, 0.5) is 0 Å². The van der Waals surface area contributed by atoms with E-state index in [1.807, 2.05) is 0 Å². The Morgan fingerprint density at radius 2 is 2.33 bits per heavy atom. The van der Waals surface area contributed by atoms with Gasteiger partial charge in [-0.25, -0.2) is 0 Å². The van der Waals surface area contributed by atoms with Crippen molar-refractivity contribution in [3.63, 3.8) is 0 Å². The highest BCUT2D eigenvalue weighted by Gasteiger charge is 2.28. The molecule has 2 atom stereocenters. The van der Waals surface area contributed by atoms with Gasteiger partial charge in [-0.1, -0.05) is 0 Å². The van der Waals surface area contributed by atoms with Crippen LogP contribution in [0.1, 0.15) is 6.42 Å². The van der Waals surface area contributed by atoms with Gasteiger partial charge in [0, 0.05) is 6.42 Å². The van der Waals surface area contributed by atoms with Gasteiger partial charge in [0.1, 0.15) is 0 Å². The molecule has 0 aliphatic carbocycles. The number of hydrogen-bond acceptors (Lipinski definition) is 3. The molecule has 0 saturated carbocycles. The monoisotopic (exact) mass is 132 g/mol. The van der Waals surface area contributed by atoms with Gasteiger partial charge in [0.15, 0.2) is 6.29 Å². The van der Waals surface area contributed by atoms with Gasteiger partial charge in [-0.15, -0.1) is 0 Å². The van der Waals surface area contributed by atoms with Crippen molar-refractivity contribution in [1.29, 1.82) is 0 Å². The lowest BCUT2D eigenvalue weighted by Gasteiger charge is -1.96. The molecular weight excluding hydrogens is 124 g/mol. The first-order valence-corrected chi connectivity index (χ1v) is 2.72. The van der Waals surface area contributed by atoms with Crippen LogP contribution in [0, 0.1) is 5.92 Å². The summed E-state index contributed by atoms with van der Waals surface area (Å²) in [6, 6.07) is 0.